The molecule has 4 heteroatoms. The van der Waals surface area contributed by atoms with Gasteiger partial charge in [0.25, 0.3) is 0 Å². The zero-order valence-corrected chi connectivity index (χ0v) is 16.6. The van der Waals surface area contributed by atoms with E-state index in [1.807, 2.05) is 0 Å². The van der Waals surface area contributed by atoms with Crippen LogP contribution >= 0.6 is 0 Å². The minimum atomic E-state index is -0.427. The van der Waals surface area contributed by atoms with Crippen LogP contribution in [0.1, 0.15) is 104 Å². The molecule has 1 unspecified atom stereocenters. The number of ether oxygens (including phenoxy) is 1. The first-order chi connectivity index (χ1) is 12.2. The molecule has 1 heterocycles. The third-order valence-electron chi connectivity index (χ3n) is 5.17. The van der Waals surface area contributed by atoms with E-state index >= 15 is 0 Å². The van der Waals surface area contributed by atoms with E-state index in [4.69, 9.17) is 4.74 Å². The Balaban J connectivity index is 2.28. The quantitative estimate of drug-likeness (QED) is 0.355. The lowest BCUT2D eigenvalue weighted by Crippen LogP contribution is -2.33. The molecule has 0 bridgehead atoms. The molecule has 1 aliphatic rings. The minimum Gasteiger partial charge on any atom is -0.449 e. The Kier molecular flexibility index (Phi) is 12.4. The molecule has 1 fully saturated rings. The number of nitrogens with zero attached hydrogens (tertiary/aromatic N) is 1. The fraction of sp³-hybridized carbons (Fsp3) is 0.905. The summed E-state index contributed by atoms with van der Waals surface area (Å²) in [6.07, 6.45) is 15.9. The molecule has 0 aliphatic carbocycles. The van der Waals surface area contributed by atoms with Crippen molar-refractivity contribution in [3.05, 3.63) is 0 Å². The van der Waals surface area contributed by atoms with E-state index in [9.17, 15) is 9.59 Å². The highest BCUT2D eigenvalue weighted by Gasteiger charge is 2.28. The number of carbonyl (C=O) groups excluding carboxylic acids is 2. The van der Waals surface area contributed by atoms with Gasteiger partial charge in [0.1, 0.15) is 0 Å². The van der Waals surface area contributed by atoms with Gasteiger partial charge in [0.15, 0.2) is 0 Å². The highest BCUT2D eigenvalue weighted by Crippen LogP contribution is 2.20. The summed E-state index contributed by atoms with van der Waals surface area (Å²) in [6.45, 7) is 5.47. The molecule has 0 spiro atoms. The predicted molar refractivity (Wildman–Crippen MR) is 103 cm³/mol. The highest BCUT2D eigenvalue weighted by atomic mass is 16.6. The van der Waals surface area contributed by atoms with Crippen LogP contribution in [0.15, 0.2) is 0 Å². The number of hydrogen-bond donors (Lipinski definition) is 0. The third-order valence-corrected chi connectivity index (χ3v) is 5.17. The van der Waals surface area contributed by atoms with Gasteiger partial charge in [-0.15, -0.1) is 0 Å². The predicted octanol–water partition coefficient (Wildman–Crippen LogP) is 6.08. The van der Waals surface area contributed by atoms with Crippen LogP contribution < -0.4 is 0 Å². The molecule has 4 nitrogen and oxygen atoms in total. The van der Waals surface area contributed by atoms with Crippen LogP contribution in [0, 0.1) is 5.92 Å². The zero-order chi connectivity index (χ0) is 18.3. The van der Waals surface area contributed by atoms with Crippen LogP contribution in [0.25, 0.3) is 0 Å². The molecule has 1 atom stereocenters. The maximum atomic E-state index is 12.1. The summed E-state index contributed by atoms with van der Waals surface area (Å²) in [5.74, 6) is 0.366. The molecule has 1 rings (SSSR count). The second-order valence-electron chi connectivity index (χ2n) is 7.50. The van der Waals surface area contributed by atoms with Gasteiger partial charge in [-0.05, 0) is 25.2 Å². The Morgan fingerprint density at radius 1 is 0.960 bits per heavy atom. The Labute approximate surface area is 154 Å². The van der Waals surface area contributed by atoms with Gasteiger partial charge in [-0.3, -0.25) is 4.79 Å². The standard InChI is InChI=1S/C21H39NO3/c1-3-5-7-9-10-12-15-19(14-11-8-6-4-2)18-25-21(24)22-17-13-16-20(22)23/h19H,3-18H2,1-2H3. The topological polar surface area (TPSA) is 46.6 Å². The van der Waals surface area contributed by atoms with Crippen LogP contribution in [0.2, 0.25) is 0 Å². The van der Waals surface area contributed by atoms with Gasteiger partial charge in [-0.1, -0.05) is 78.1 Å². The average Bonchev–Trinajstić information content (AvgIpc) is 3.04. The average molecular weight is 354 g/mol. The highest BCUT2D eigenvalue weighted by molar-refractivity contribution is 5.93. The zero-order valence-electron chi connectivity index (χ0n) is 16.6. The van der Waals surface area contributed by atoms with Gasteiger partial charge in [0, 0.05) is 13.0 Å². The van der Waals surface area contributed by atoms with Gasteiger partial charge in [0.2, 0.25) is 5.91 Å². The van der Waals surface area contributed by atoms with Crippen molar-refractivity contribution in [2.75, 3.05) is 13.2 Å². The third kappa shape index (κ3) is 9.86. The van der Waals surface area contributed by atoms with Crippen LogP contribution in [0.5, 0.6) is 0 Å². The van der Waals surface area contributed by atoms with Crippen molar-refractivity contribution in [2.45, 2.75) is 104 Å². The van der Waals surface area contributed by atoms with E-state index in [0.717, 1.165) is 19.3 Å². The van der Waals surface area contributed by atoms with E-state index in [1.54, 1.807) is 0 Å². The Bertz CT molecular complexity index is 370. The van der Waals surface area contributed by atoms with Gasteiger partial charge in [-0.2, -0.15) is 0 Å². The lowest BCUT2D eigenvalue weighted by atomic mass is 9.95. The molecule has 0 aromatic carbocycles. The number of hydrogen-bond acceptors (Lipinski definition) is 3. The normalized spacial score (nSPS) is 15.6. The summed E-state index contributed by atoms with van der Waals surface area (Å²) in [4.78, 5) is 25.0. The summed E-state index contributed by atoms with van der Waals surface area (Å²) in [5, 5.41) is 0. The van der Waals surface area contributed by atoms with Crippen molar-refractivity contribution in [3.8, 4) is 0 Å². The minimum absolute atomic E-state index is 0.0829. The summed E-state index contributed by atoms with van der Waals surface area (Å²) in [6, 6.07) is 0. The van der Waals surface area contributed by atoms with E-state index in [-0.39, 0.29) is 5.91 Å². The van der Waals surface area contributed by atoms with Gasteiger partial charge < -0.3 is 4.74 Å². The largest absolute Gasteiger partial charge is 0.449 e. The smallest absolute Gasteiger partial charge is 0.416 e. The Morgan fingerprint density at radius 3 is 2.08 bits per heavy atom. The molecule has 0 radical (unpaired) electrons. The van der Waals surface area contributed by atoms with Crippen LogP contribution in [-0.2, 0) is 9.53 Å². The van der Waals surface area contributed by atoms with Crippen molar-refractivity contribution in [3.63, 3.8) is 0 Å². The van der Waals surface area contributed by atoms with Crippen molar-refractivity contribution in [1.82, 2.24) is 4.90 Å². The summed E-state index contributed by atoms with van der Waals surface area (Å²) in [7, 11) is 0. The van der Waals surface area contributed by atoms with Crippen LogP contribution in [0.3, 0.4) is 0 Å². The molecule has 0 N–H and O–H groups in total. The number of imide groups is 1. The molecule has 0 aromatic rings. The Hall–Kier alpha value is -1.06. The maximum absolute atomic E-state index is 12.1. The summed E-state index contributed by atoms with van der Waals surface area (Å²) >= 11 is 0. The molecule has 2 amide bonds. The number of amides is 2. The fourth-order valence-electron chi connectivity index (χ4n) is 3.49. The molecule has 146 valence electrons. The fourth-order valence-corrected chi connectivity index (χ4v) is 3.49. The van der Waals surface area contributed by atoms with Gasteiger partial charge in [-0.25, -0.2) is 9.69 Å². The first-order valence-corrected chi connectivity index (χ1v) is 10.7. The number of unbranched alkanes of at least 4 members (excludes halogenated alkanes) is 8. The number of likely N-dealkylation sites (tertiary alicyclic amines) is 1. The molecular formula is C21H39NO3. The molecule has 0 saturated carbocycles. The van der Waals surface area contributed by atoms with Crippen LogP contribution in [0.4, 0.5) is 4.79 Å². The first-order valence-electron chi connectivity index (χ1n) is 10.7. The number of carbonyl (C=O) groups is 2. The van der Waals surface area contributed by atoms with Crippen molar-refractivity contribution in [1.29, 1.82) is 0 Å². The second kappa shape index (κ2) is 14.1. The van der Waals surface area contributed by atoms with E-state index in [0.29, 0.717) is 25.5 Å². The second-order valence-corrected chi connectivity index (χ2v) is 7.50. The van der Waals surface area contributed by atoms with E-state index < -0.39 is 6.09 Å². The van der Waals surface area contributed by atoms with E-state index in [1.165, 1.54) is 69.1 Å². The summed E-state index contributed by atoms with van der Waals surface area (Å²) < 4.78 is 5.48. The van der Waals surface area contributed by atoms with Crippen molar-refractivity contribution in [2.24, 2.45) is 5.92 Å². The van der Waals surface area contributed by atoms with E-state index in [2.05, 4.69) is 13.8 Å². The number of rotatable bonds is 14. The molecule has 1 aliphatic heterocycles. The molecule has 0 aromatic heterocycles. The van der Waals surface area contributed by atoms with Crippen molar-refractivity contribution >= 4 is 12.0 Å². The lowest BCUT2D eigenvalue weighted by Gasteiger charge is -2.19. The summed E-state index contributed by atoms with van der Waals surface area (Å²) in [5.41, 5.74) is 0. The van der Waals surface area contributed by atoms with Gasteiger partial charge >= 0.3 is 6.09 Å². The monoisotopic (exact) mass is 353 g/mol. The molecule has 1 saturated heterocycles. The van der Waals surface area contributed by atoms with Crippen LogP contribution in [-0.4, -0.2) is 30.1 Å². The van der Waals surface area contributed by atoms with Crippen molar-refractivity contribution < 1.29 is 14.3 Å². The maximum Gasteiger partial charge on any atom is 0.416 e. The van der Waals surface area contributed by atoms with Gasteiger partial charge in [0.05, 0.1) is 6.61 Å². The Morgan fingerprint density at radius 2 is 1.52 bits per heavy atom. The SMILES string of the molecule is CCCCCCCCC(CCCCCC)COC(=O)N1CCCC1=O. The lowest BCUT2D eigenvalue weighted by molar-refractivity contribution is -0.126. The molecular weight excluding hydrogens is 314 g/mol. The molecule has 25 heavy (non-hydrogen) atoms. The first kappa shape index (κ1) is 22.0.